The Morgan fingerprint density at radius 2 is 1.43 bits per heavy atom. The third-order valence-electron chi connectivity index (χ3n) is 11.3. The van der Waals surface area contributed by atoms with E-state index in [9.17, 15) is 24.3 Å². The molecule has 0 unspecified atom stereocenters. The molecule has 0 aromatic heterocycles. The van der Waals surface area contributed by atoms with Crippen LogP contribution in [0.15, 0.2) is 36.4 Å². The second kappa shape index (κ2) is 19.0. The number of phenolic OH excluding ortho intramolecular Hbond substituents is 1. The normalized spacial score (nSPS) is 19.6. The number of fused-ring (bicyclic) bond motifs is 1. The lowest BCUT2D eigenvalue weighted by Crippen LogP contribution is -2.50. The van der Waals surface area contributed by atoms with Crippen molar-refractivity contribution >= 4 is 52.9 Å². The monoisotopic (exact) mass is 773 g/mol. The highest BCUT2D eigenvalue weighted by Crippen LogP contribution is 2.35. The number of esters is 1. The van der Waals surface area contributed by atoms with Gasteiger partial charge in [0, 0.05) is 50.4 Å². The van der Waals surface area contributed by atoms with Gasteiger partial charge in [-0.05, 0) is 106 Å². The molecule has 2 aromatic rings. The number of hydrogen-bond acceptors (Lipinski definition) is 8. The molecule has 2 N–H and O–H groups in total. The number of urea groups is 1. The molecule has 12 nitrogen and oxygen atoms in total. The van der Waals surface area contributed by atoms with E-state index in [0.29, 0.717) is 44.4 Å². The number of aromatic hydroxyl groups is 1. The highest BCUT2D eigenvalue weighted by Gasteiger charge is 2.33. The molecule has 4 aliphatic heterocycles. The predicted molar refractivity (Wildman–Crippen MR) is 204 cm³/mol. The fourth-order valence-electron chi connectivity index (χ4n) is 8.14. The molecule has 0 radical (unpaired) electrons. The lowest BCUT2D eigenvalue weighted by molar-refractivity contribution is -0.142. The van der Waals surface area contributed by atoms with Gasteiger partial charge in [0.1, 0.15) is 0 Å². The molecular formula is C39H53Cl2N5O7. The highest BCUT2D eigenvalue weighted by molar-refractivity contribution is 6.37. The molecule has 6 rings (SSSR count). The Hall–Kier alpha value is -3.74. The van der Waals surface area contributed by atoms with Gasteiger partial charge in [-0.2, -0.15) is 0 Å². The number of phenols is 1. The molecule has 2 aromatic carbocycles. The maximum Gasteiger partial charge on any atom is 0.409 e. The van der Waals surface area contributed by atoms with Crippen LogP contribution in [-0.4, -0.2) is 121 Å². The molecule has 4 heterocycles. The van der Waals surface area contributed by atoms with Crippen LogP contribution in [0.5, 0.6) is 5.75 Å². The van der Waals surface area contributed by atoms with E-state index in [1.54, 1.807) is 17.0 Å². The van der Waals surface area contributed by atoms with E-state index >= 15 is 0 Å². The first-order chi connectivity index (χ1) is 25.5. The smallest absolute Gasteiger partial charge is 0.409 e. The Kier molecular flexibility index (Phi) is 14.5. The van der Waals surface area contributed by atoms with Gasteiger partial charge in [0.25, 0.3) is 0 Å². The number of carbonyl (C=O) groups is 4. The number of para-hydroxylation sites is 1. The van der Waals surface area contributed by atoms with Crippen LogP contribution in [-0.2, 0) is 31.9 Å². The molecule has 4 aliphatic rings. The fourth-order valence-corrected chi connectivity index (χ4v) is 8.67. The van der Waals surface area contributed by atoms with Crippen LogP contribution in [0, 0.1) is 17.8 Å². The Morgan fingerprint density at radius 1 is 0.849 bits per heavy atom. The summed E-state index contributed by atoms with van der Waals surface area (Å²) in [5.41, 5.74) is 2.93. The topological polar surface area (TPSA) is 132 Å². The Balaban J connectivity index is 0.000000216. The molecule has 290 valence electrons. The van der Waals surface area contributed by atoms with Gasteiger partial charge in [-0.15, -0.1) is 0 Å². The van der Waals surface area contributed by atoms with Gasteiger partial charge in [0.15, 0.2) is 5.75 Å². The molecular weight excluding hydrogens is 721 g/mol. The number of nitrogens with one attached hydrogen (secondary N) is 1. The lowest BCUT2D eigenvalue weighted by atomic mass is 9.78. The minimum absolute atomic E-state index is 0.0403. The Morgan fingerprint density at radius 3 is 2.04 bits per heavy atom. The number of amides is 4. The van der Waals surface area contributed by atoms with Crippen molar-refractivity contribution in [3.05, 3.63) is 57.6 Å². The van der Waals surface area contributed by atoms with Gasteiger partial charge in [0.05, 0.1) is 30.8 Å². The zero-order valence-corrected chi connectivity index (χ0v) is 32.5. The number of methoxy groups -OCH3 is 2. The molecule has 3 fully saturated rings. The summed E-state index contributed by atoms with van der Waals surface area (Å²) in [5, 5.41) is 13.1. The zero-order valence-electron chi connectivity index (χ0n) is 31.0. The number of nitrogens with zero attached hydrogens (tertiary/aromatic N) is 4. The fraction of sp³-hybridized carbons (Fsp3) is 0.590. The highest BCUT2D eigenvalue weighted by atomic mass is 35.5. The summed E-state index contributed by atoms with van der Waals surface area (Å²) in [6, 6.07) is 11.4. The van der Waals surface area contributed by atoms with E-state index < -0.39 is 0 Å². The molecule has 0 spiro atoms. The average Bonchev–Trinajstić information content (AvgIpc) is 3.34. The third-order valence-corrected chi connectivity index (χ3v) is 11.8. The van der Waals surface area contributed by atoms with Crippen molar-refractivity contribution in [2.75, 3.05) is 71.9 Å². The Bertz CT molecular complexity index is 1560. The second-order valence-electron chi connectivity index (χ2n) is 14.6. The second-order valence-corrected chi connectivity index (χ2v) is 15.4. The molecule has 0 bridgehead atoms. The summed E-state index contributed by atoms with van der Waals surface area (Å²) in [7, 11) is 2.83. The van der Waals surface area contributed by atoms with Crippen LogP contribution >= 0.6 is 23.2 Å². The standard InChI is InChI=1S/C23H32Cl2N2O4.C16H21N3O3/c1-15(11-16-12-19(24)22(29)20(25)13-16)23(30)27-9-5-18(6-10-27)17-3-7-26(8-4-17)14-21(28)31-2;1-22-16(21)18-9-7-13(8-10-18)19-11-6-12-4-2-3-5-14(12)17-15(19)20/h12-13,15,17-18,29H,3-11,14H2,1-2H3;2-5,13H,6-11H2,1H3,(H,17,20)/t15-;/m1./s1. The van der Waals surface area contributed by atoms with Crippen LogP contribution in [0.25, 0.3) is 0 Å². The summed E-state index contributed by atoms with van der Waals surface area (Å²) in [6.07, 6.45) is 6.98. The number of carbonyl (C=O) groups excluding carboxylic acids is 4. The van der Waals surface area contributed by atoms with Gasteiger partial charge in [0.2, 0.25) is 5.91 Å². The van der Waals surface area contributed by atoms with Gasteiger partial charge >= 0.3 is 18.1 Å². The molecule has 1 atom stereocenters. The number of benzene rings is 2. The zero-order chi connectivity index (χ0) is 38.1. The van der Waals surface area contributed by atoms with Gasteiger partial charge in [-0.25, -0.2) is 9.59 Å². The van der Waals surface area contributed by atoms with Gasteiger partial charge in [-0.1, -0.05) is 48.3 Å². The molecule has 4 amide bonds. The van der Waals surface area contributed by atoms with Crippen molar-refractivity contribution < 1.29 is 33.8 Å². The number of anilines is 1. The number of likely N-dealkylation sites (tertiary alicyclic amines) is 3. The van der Waals surface area contributed by atoms with Crippen molar-refractivity contribution in [2.45, 2.75) is 64.3 Å². The summed E-state index contributed by atoms with van der Waals surface area (Å²) in [4.78, 5) is 56.2. The number of halogens is 2. The van der Waals surface area contributed by atoms with E-state index in [1.165, 1.54) is 19.8 Å². The number of hydrogen-bond donors (Lipinski definition) is 2. The van der Waals surface area contributed by atoms with Crippen molar-refractivity contribution in [3.63, 3.8) is 0 Å². The minimum atomic E-state index is -0.286. The van der Waals surface area contributed by atoms with Crippen LogP contribution in [0.2, 0.25) is 10.0 Å². The summed E-state index contributed by atoms with van der Waals surface area (Å²) in [5.74, 6) is 1.01. The van der Waals surface area contributed by atoms with E-state index in [4.69, 9.17) is 32.7 Å². The van der Waals surface area contributed by atoms with Crippen LogP contribution in [0.4, 0.5) is 15.3 Å². The molecule has 0 saturated carbocycles. The van der Waals surface area contributed by atoms with Crippen LogP contribution < -0.4 is 5.32 Å². The Labute approximate surface area is 322 Å². The predicted octanol–water partition coefficient (Wildman–Crippen LogP) is 6.31. The average molecular weight is 775 g/mol. The number of piperidine rings is 3. The van der Waals surface area contributed by atoms with Crippen molar-refractivity contribution in [1.82, 2.24) is 19.6 Å². The lowest BCUT2D eigenvalue weighted by Gasteiger charge is -2.40. The van der Waals surface area contributed by atoms with E-state index in [0.717, 1.165) is 82.4 Å². The molecule has 3 saturated heterocycles. The minimum Gasteiger partial charge on any atom is -0.505 e. The number of ether oxygens (including phenoxy) is 2. The van der Waals surface area contributed by atoms with E-state index in [-0.39, 0.29) is 51.8 Å². The number of rotatable bonds is 7. The molecule has 0 aliphatic carbocycles. The first-order valence-corrected chi connectivity index (χ1v) is 19.5. The summed E-state index contributed by atoms with van der Waals surface area (Å²) < 4.78 is 9.51. The first-order valence-electron chi connectivity index (χ1n) is 18.7. The quantitative estimate of drug-likeness (QED) is 0.313. The first kappa shape index (κ1) is 40.4. The third kappa shape index (κ3) is 10.7. The molecule has 53 heavy (non-hydrogen) atoms. The SMILES string of the molecule is COC(=O)CN1CCC(C2CCN(C(=O)[C@H](C)Cc3cc(Cl)c(O)c(Cl)c3)CC2)CC1.COC(=O)N1CCC(N2CCc3ccccc3NC2=O)CC1. The van der Waals surface area contributed by atoms with Crippen molar-refractivity contribution in [2.24, 2.45) is 17.8 Å². The van der Waals surface area contributed by atoms with Gasteiger partial charge < -0.3 is 34.6 Å². The van der Waals surface area contributed by atoms with Gasteiger partial charge in [-0.3, -0.25) is 14.5 Å². The van der Waals surface area contributed by atoms with Crippen LogP contribution in [0.1, 0.15) is 56.6 Å². The van der Waals surface area contributed by atoms with E-state index in [2.05, 4.69) is 16.3 Å². The van der Waals surface area contributed by atoms with Crippen LogP contribution in [0.3, 0.4) is 0 Å². The maximum atomic E-state index is 13.0. The largest absolute Gasteiger partial charge is 0.505 e. The van der Waals surface area contributed by atoms with Crippen molar-refractivity contribution in [3.8, 4) is 5.75 Å². The maximum absolute atomic E-state index is 13.0. The van der Waals surface area contributed by atoms with Crippen molar-refractivity contribution in [1.29, 1.82) is 0 Å². The van der Waals surface area contributed by atoms with E-state index in [1.807, 2.05) is 34.9 Å². The molecule has 14 heteroatoms. The summed E-state index contributed by atoms with van der Waals surface area (Å²) in [6.45, 7) is 7.77. The summed E-state index contributed by atoms with van der Waals surface area (Å²) >= 11 is 12.0.